The second-order valence-electron chi connectivity index (χ2n) is 12.0. The number of anilines is 4. The zero-order valence-electron chi connectivity index (χ0n) is 26.5. The van der Waals surface area contributed by atoms with Crippen LogP contribution < -0.4 is 21.3 Å². The highest BCUT2D eigenvalue weighted by atomic mass is 19.4. The maximum Gasteiger partial charge on any atom is 0.416 e. The van der Waals surface area contributed by atoms with Gasteiger partial charge in [-0.15, -0.1) is 0 Å². The van der Waals surface area contributed by atoms with Crippen LogP contribution in [0.2, 0.25) is 0 Å². The van der Waals surface area contributed by atoms with Crippen molar-refractivity contribution in [1.29, 1.82) is 0 Å². The third-order valence-corrected chi connectivity index (χ3v) is 8.57. The summed E-state index contributed by atoms with van der Waals surface area (Å²) in [5.74, 6) is -1.09. The number of nitrogens with zero attached hydrogens (tertiary/aromatic N) is 1. The van der Waals surface area contributed by atoms with Crippen molar-refractivity contribution < 1.29 is 27.6 Å². The summed E-state index contributed by atoms with van der Waals surface area (Å²) in [6.45, 7) is 7.24. The van der Waals surface area contributed by atoms with Crippen molar-refractivity contribution in [1.82, 2.24) is 15.2 Å². The van der Waals surface area contributed by atoms with E-state index in [1.165, 1.54) is 25.0 Å². The lowest BCUT2D eigenvalue weighted by Gasteiger charge is -2.14. The summed E-state index contributed by atoms with van der Waals surface area (Å²) in [4.78, 5) is 44.4. The SMILES string of the molecule is Cc1[nH]c(/C=C2\C(=O)Nc3cc(Nc4cccc(NC(=O)c5cccc(C(F)(F)F)c5)c4)ccc32)c(C)c1C(=O)NCCN1CCCC1. The molecule has 0 unspecified atom stereocenters. The fraction of sp³-hybridized carbons (Fsp3) is 0.250. The molecule has 2 aliphatic rings. The Balaban J connectivity index is 1.14. The molecule has 1 aromatic heterocycles. The molecule has 3 heterocycles. The van der Waals surface area contributed by atoms with Gasteiger partial charge in [0.2, 0.25) is 0 Å². The van der Waals surface area contributed by atoms with Gasteiger partial charge in [0.25, 0.3) is 17.7 Å². The molecule has 0 aliphatic carbocycles. The lowest BCUT2D eigenvalue weighted by molar-refractivity contribution is -0.137. The smallest absolute Gasteiger partial charge is 0.358 e. The number of amides is 3. The van der Waals surface area contributed by atoms with E-state index in [0.717, 1.165) is 43.0 Å². The standard InChI is InChI=1S/C36H35F3N6O3/c1-21-30(41-22(2)32(21)35(48)40-13-16-45-14-3-4-15-45)20-29-28-12-11-27(19-31(28)44-34(29)47)42-25-9-6-10-26(18-25)43-33(46)23-7-5-8-24(17-23)36(37,38)39/h5-12,17-20,41-42H,3-4,13-16H2,1-2H3,(H,40,48)(H,43,46)(H,44,47)/b29-20-. The number of alkyl halides is 3. The van der Waals surface area contributed by atoms with Gasteiger partial charge in [0, 0.05) is 52.7 Å². The number of aromatic amines is 1. The van der Waals surface area contributed by atoms with Crippen molar-refractivity contribution in [3.63, 3.8) is 0 Å². The van der Waals surface area contributed by atoms with Crippen molar-refractivity contribution in [2.45, 2.75) is 32.9 Å². The molecule has 0 atom stereocenters. The lowest BCUT2D eigenvalue weighted by atomic mass is 10.0. The summed E-state index contributed by atoms with van der Waals surface area (Å²) in [7, 11) is 0. The van der Waals surface area contributed by atoms with Crippen LogP contribution in [0.1, 0.15) is 61.6 Å². The first kappa shape index (κ1) is 32.6. The van der Waals surface area contributed by atoms with Crippen LogP contribution in [-0.4, -0.2) is 53.8 Å². The number of hydrogen-bond acceptors (Lipinski definition) is 5. The minimum Gasteiger partial charge on any atom is -0.358 e. The van der Waals surface area contributed by atoms with E-state index in [-0.39, 0.29) is 17.4 Å². The van der Waals surface area contributed by atoms with Gasteiger partial charge in [0.05, 0.1) is 22.4 Å². The van der Waals surface area contributed by atoms with Crippen LogP contribution in [0, 0.1) is 13.8 Å². The minimum absolute atomic E-state index is 0.112. The quantitative estimate of drug-likeness (QED) is 0.125. The van der Waals surface area contributed by atoms with Crippen LogP contribution in [0.15, 0.2) is 66.7 Å². The maximum atomic E-state index is 13.1. The molecule has 5 N–H and O–H groups in total. The van der Waals surface area contributed by atoms with Crippen molar-refractivity contribution in [2.24, 2.45) is 0 Å². The monoisotopic (exact) mass is 656 g/mol. The van der Waals surface area contributed by atoms with E-state index in [9.17, 15) is 27.6 Å². The van der Waals surface area contributed by atoms with E-state index < -0.39 is 17.6 Å². The van der Waals surface area contributed by atoms with Crippen molar-refractivity contribution in [2.75, 3.05) is 42.1 Å². The number of carbonyl (C=O) groups excluding carboxylic acids is 3. The second kappa shape index (κ2) is 13.4. The van der Waals surface area contributed by atoms with Gasteiger partial charge >= 0.3 is 6.18 Å². The van der Waals surface area contributed by atoms with Crippen molar-refractivity contribution in [3.05, 3.63) is 106 Å². The number of likely N-dealkylation sites (tertiary alicyclic amines) is 1. The molecule has 1 fully saturated rings. The number of fused-ring (bicyclic) bond motifs is 1. The Morgan fingerprint density at radius 2 is 1.65 bits per heavy atom. The van der Waals surface area contributed by atoms with Crippen LogP contribution >= 0.6 is 0 Å². The summed E-state index contributed by atoms with van der Waals surface area (Å²) in [6.07, 6.45) is -0.403. The Morgan fingerprint density at radius 3 is 2.42 bits per heavy atom. The van der Waals surface area contributed by atoms with Crippen molar-refractivity contribution >= 4 is 52.1 Å². The number of aryl methyl sites for hydroxylation is 1. The fourth-order valence-electron chi connectivity index (χ4n) is 6.12. The van der Waals surface area contributed by atoms with Gasteiger partial charge in [0.15, 0.2) is 0 Å². The first-order valence-corrected chi connectivity index (χ1v) is 15.7. The largest absolute Gasteiger partial charge is 0.416 e. The van der Waals surface area contributed by atoms with Crippen LogP contribution in [-0.2, 0) is 11.0 Å². The molecule has 3 aromatic carbocycles. The number of carbonyl (C=O) groups is 3. The molecule has 2 aliphatic heterocycles. The fourth-order valence-corrected chi connectivity index (χ4v) is 6.12. The zero-order valence-corrected chi connectivity index (χ0v) is 26.5. The zero-order chi connectivity index (χ0) is 34.0. The Bertz CT molecular complexity index is 1920. The number of hydrogen-bond donors (Lipinski definition) is 5. The van der Waals surface area contributed by atoms with Gasteiger partial charge in [0.1, 0.15) is 0 Å². The Hall–Kier alpha value is -5.36. The molecule has 4 aromatic rings. The second-order valence-corrected chi connectivity index (χ2v) is 12.0. The predicted octanol–water partition coefficient (Wildman–Crippen LogP) is 6.96. The molecule has 248 valence electrons. The van der Waals surface area contributed by atoms with E-state index in [1.807, 2.05) is 26.0 Å². The maximum absolute atomic E-state index is 13.1. The average molecular weight is 657 g/mol. The number of nitrogens with one attached hydrogen (secondary N) is 5. The molecule has 1 saturated heterocycles. The lowest BCUT2D eigenvalue weighted by Crippen LogP contribution is -2.33. The number of halogens is 3. The van der Waals surface area contributed by atoms with E-state index in [0.29, 0.717) is 51.7 Å². The molecule has 0 bridgehead atoms. The van der Waals surface area contributed by atoms with Crippen LogP contribution in [0.3, 0.4) is 0 Å². The highest BCUT2D eigenvalue weighted by Crippen LogP contribution is 2.37. The first-order chi connectivity index (χ1) is 23.0. The third kappa shape index (κ3) is 7.13. The van der Waals surface area contributed by atoms with Gasteiger partial charge in [-0.2, -0.15) is 13.2 Å². The van der Waals surface area contributed by atoms with Gasteiger partial charge < -0.3 is 31.2 Å². The summed E-state index contributed by atoms with van der Waals surface area (Å²) >= 11 is 0. The Labute approximate surface area is 275 Å². The van der Waals surface area contributed by atoms with E-state index in [1.54, 1.807) is 36.4 Å². The normalized spacial score (nSPS) is 15.4. The Morgan fingerprint density at radius 1 is 0.917 bits per heavy atom. The molecule has 6 rings (SSSR count). The van der Waals surface area contributed by atoms with Gasteiger partial charge in [-0.05, 0) is 99.9 Å². The van der Waals surface area contributed by atoms with Crippen molar-refractivity contribution in [3.8, 4) is 0 Å². The molecule has 48 heavy (non-hydrogen) atoms. The number of H-pyrrole nitrogens is 1. The molecular formula is C36H35F3N6O3. The molecular weight excluding hydrogens is 621 g/mol. The highest BCUT2D eigenvalue weighted by Gasteiger charge is 2.31. The number of benzene rings is 3. The topological polar surface area (TPSA) is 118 Å². The molecule has 9 nitrogen and oxygen atoms in total. The Kier molecular flexibility index (Phi) is 9.09. The molecule has 3 amide bonds. The number of rotatable bonds is 9. The van der Waals surface area contributed by atoms with E-state index in [2.05, 4.69) is 31.2 Å². The van der Waals surface area contributed by atoms with Crippen LogP contribution in [0.4, 0.5) is 35.9 Å². The van der Waals surface area contributed by atoms with Gasteiger partial charge in [-0.1, -0.05) is 18.2 Å². The molecule has 12 heteroatoms. The summed E-state index contributed by atoms with van der Waals surface area (Å²) in [5, 5.41) is 11.8. The molecule has 0 spiro atoms. The molecule has 0 saturated carbocycles. The summed E-state index contributed by atoms with van der Waals surface area (Å²) < 4.78 is 39.3. The van der Waals surface area contributed by atoms with Crippen LogP contribution in [0.25, 0.3) is 11.6 Å². The highest BCUT2D eigenvalue weighted by molar-refractivity contribution is 6.35. The molecule has 0 radical (unpaired) electrons. The first-order valence-electron chi connectivity index (χ1n) is 15.7. The van der Waals surface area contributed by atoms with E-state index in [4.69, 9.17) is 0 Å². The van der Waals surface area contributed by atoms with Gasteiger partial charge in [-0.3, -0.25) is 14.4 Å². The van der Waals surface area contributed by atoms with Gasteiger partial charge in [-0.25, -0.2) is 0 Å². The summed E-state index contributed by atoms with van der Waals surface area (Å²) in [5.41, 5.74) is 5.16. The van der Waals surface area contributed by atoms with Crippen LogP contribution in [0.5, 0.6) is 0 Å². The summed E-state index contributed by atoms with van der Waals surface area (Å²) in [6, 6.07) is 16.4. The van der Waals surface area contributed by atoms with E-state index >= 15 is 0 Å². The minimum atomic E-state index is -4.56. The predicted molar refractivity (Wildman–Crippen MR) is 180 cm³/mol. The number of aromatic nitrogens is 1. The average Bonchev–Trinajstić information content (AvgIpc) is 3.74. The third-order valence-electron chi connectivity index (χ3n) is 8.57.